The van der Waals surface area contributed by atoms with Crippen LogP contribution in [0.2, 0.25) is 0 Å². The lowest BCUT2D eigenvalue weighted by atomic mass is 10.2. The number of ether oxygens (including phenoxy) is 1. The van der Waals surface area contributed by atoms with E-state index in [1.807, 2.05) is 6.07 Å². The molecule has 0 radical (unpaired) electrons. The fourth-order valence-electron chi connectivity index (χ4n) is 1.91. The molecule has 0 fully saturated rings. The molecule has 2 rings (SSSR count). The number of alkyl halides is 3. The number of benzene rings is 2. The molecule has 0 spiro atoms. The second kappa shape index (κ2) is 7.96. The molecule has 128 valence electrons. The van der Waals surface area contributed by atoms with Gasteiger partial charge in [-0.25, -0.2) is 4.79 Å². The number of methoxy groups -OCH3 is 1. The Morgan fingerprint density at radius 1 is 1.17 bits per heavy atom. The Morgan fingerprint density at radius 2 is 1.92 bits per heavy atom. The van der Waals surface area contributed by atoms with Gasteiger partial charge in [-0.3, -0.25) is 0 Å². The van der Waals surface area contributed by atoms with E-state index in [-0.39, 0.29) is 28.9 Å². The molecule has 0 saturated carbocycles. The van der Waals surface area contributed by atoms with Crippen molar-refractivity contribution in [2.75, 3.05) is 12.4 Å². The maximum atomic E-state index is 12.4. The average molecular weight is 356 g/mol. The molecule has 4 nitrogen and oxygen atoms in total. The van der Waals surface area contributed by atoms with Crippen molar-refractivity contribution < 1.29 is 22.7 Å². The highest BCUT2D eigenvalue weighted by molar-refractivity contribution is 8.00. The third kappa shape index (κ3) is 6.04. The standard InChI is InChI=1S/C16H15F3N2O2S/c1-23-13-6-2-4-11(8-13)10-20-15(22)21-12-5-3-7-14(9-12)24-16(17,18)19/h2-9H,10H2,1H3,(H2,20,21,22). The normalized spacial score (nSPS) is 11.0. The number of rotatable bonds is 5. The zero-order chi connectivity index (χ0) is 17.6. The molecule has 2 N–H and O–H groups in total. The van der Waals surface area contributed by atoms with Crippen molar-refractivity contribution in [2.45, 2.75) is 16.9 Å². The van der Waals surface area contributed by atoms with E-state index in [4.69, 9.17) is 4.74 Å². The van der Waals surface area contributed by atoms with Gasteiger partial charge in [0.2, 0.25) is 0 Å². The number of amides is 2. The van der Waals surface area contributed by atoms with Crippen LogP contribution in [0, 0.1) is 0 Å². The summed E-state index contributed by atoms with van der Waals surface area (Å²) in [4.78, 5) is 11.9. The zero-order valence-corrected chi connectivity index (χ0v) is 13.5. The fourth-order valence-corrected chi connectivity index (χ4v) is 2.51. The maximum absolute atomic E-state index is 12.4. The molecule has 2 amide bonds. The topological polar surface area (TPSA) is 50.4 Å². The molecule has 8 heteroatoms. The summed E-state index contributed by atoms with van der Waals surface area (Å²) in [6.45, 7) is 0.264. The van der Waals surface area contributed by atoms with E-state index in [0.717, 1.165) is 5.56 Å². The highest BCUT2D eigenvalue weighted by Gasteiger charge is 2.29. The minimum atomic E-state index is -4.37. The van der Waals surface area contributed by atoms with Crippen LogP contribution >= 0.6 is 11.8 Å². The van der Waals surface area contributed by atoms with E-state index in [2.05, 4.69) is 10.6 Å². The van der Waals surface area contributed by atoms with E-state index >= 15 is 0 Å². The summed E-state index contributed by atoms with van der Waals surface area (Å²) in [6.07, 6.45) is 0. The van der Waals surface area contributed by atoms with Gasteiger partial charge in [-0.15, -0.1) is 0 Å². The number of carbonyl (C=O) groups is 1. The number of urea groups is 1. The number of hydrogen-bond acceptors (Lipinski definition) is 3. The molecule has 24 heavy (non-hydrogen) atoms. The molecule has 0 saturated heterocycles. The molecule has 0 aromatic heterocycles. The third-order valence-corrected chi connectivity index (χ3v) is 3.63. The van der Waals surface area contributed by atoms with E-state index in [0.29, 0.717) is 5.75 Å². The lowest BCUT2D eigenvalue weighted by molar-refractivity contribution is -0.0328. The second-order valence-electron chi connectivity index (χ2n) is 4.73. The molecule has 0 aliphatic rings. The highest BCUT2D eigenvalue weighted by atomic mass is 32.2. The predicted octanol–water partition coefficient (Wildman–Crippen LogP) is 4.63. The van der Waals surface area contributed by atoms with Crippen LogP contribution in [0.1, 0.15) is 5.56 Å². The summed E-state index contributed by atoms with van der Waals surface area (Å²) in [5.74, 6) is 0.673. The molecule has 0 aliphatic heterocycles. The third-order valence-electron chi connectivity index (χ3n) is 2.91. The lowest BCUT2D eigenvalue weighted by Crippen LogP contribution is -2.28. The van der Waals surface area contributed by atoms with Gasteiger partial charge >= 0.3 is 11.5 Å². The Bertz CT molecular complexity index is 708. The van der Waals surface area contributed by atoms with Crippen molar-refractivity contribution in [3.8, 4) is 5.75 Å². The van der Waals surface area contributed by atoms with Gasteiger partial charge in [0, 0.05) is 17.1 Å². The van der Waals surface area contributed by atoms with Gasteiger partial charge in [-0.2, -0.15) is 13.2 Å². The van der Waals surface area contributed by atoms with Crippen LogP contribution in [0.3, 0.4) is 0 Å². The first-order valence-electron chi connectivity index (χ1n) is 6.89. The van der Waals surface area contributed by atoms with Gasteiger partial charge in [0.05, 0.1) is 7.11 Å². The van der Waals surface area contributed by atoms with Crippen LogP contribution in [0.4, 0.5) is 23.7 Å². The zero-order valence-electron chi connectivity index (χ0n) is 12.7. The van der Waals surface area contributed by atoms with E-state index in [9.17, 15) is 18.0 Å². The smallest absolute Gasteiger partial charge is 0.446 e. The molecule has 2 aromatic rings. The predicted molar refractivity (Wildman–Crippen MR) is 87.2 cm³/mol. The van der Waals surface area contributed by atoms with Crippen molar-refractivity contribution in [3.05, 3.63) is 54.1 Å². The van der Waals surface area contributed by atoms with Gasteiger partial charge in [-0.1, -0.05) is 18.2 Å². The van der Waals surface area contributed by atoms with E-state index in [1.165, 1.54) is 24.3 Å². The summed E-state index contributed by atoms with van der Waals surface area (Å²) in [7, 11) is 1.55. The minimum Gasteiger partial charge on any atom is -0.497 e. The van der Waals surface area contributed by atoms with Crippen LogP contribution in [-0.2, 0) is 6.54 Å². The summed E-state index contributed by atoms with van der Waals surface area (Å²) in [6, 6.07) is 12.2. The quantitative estimate of drug-likeness (QED) is 0.768. The molecule has 0 aliphatic carbocycles. The molecular formula is C16H15F3N2O2S. The number of thioether (sulfide) groups is 1. The van der Waals surface area contributed by atoms with Crippen LogP contribution in [0.15, 0.2) is 53.4 Å². The molecule has 0 atom stereocenters. The van der Waals surface area contributed by atoms with Crippen molar-refractivity contribution in [1.82, 2.24) is 5.32 Å². The maximum Gasteiger partial charge on any atom is 0.446 e. The Hall–Kier alpha value is -2.35. The van der Waals surface area contributed by atoms with Gasteiger partial charge in [-0.05, 0) is 47.7 Å². The summed E-state index contributed by atoms with van der Waals surface area (Å²) < 4.78 is 42.2. The molecule has 0 heterocycles. The number of anilines is 1. The average Bonchev–Trinajstić information content (AvgIpc) is 2.52. The number of halogens is 3. The first-order chi connectivity index (χ1) is 11.4. The number of nitrogens with one attached hydrogen (secondary N) is 2. The first-order valence-corrected chi connectivity index (χ1v) is 7.71. The minimum absolute atomic E-state index is 0.00750. The van der Waals surface area contributed by atoms with Crippen LogP contribution < -0.4 is 15.4 Å². The summed E-state index contributed by atoms with van der Waals surface area (Å²) in [5.41, 5.74) is -3.24. The van der Waals surface area contributed by atoms with Crippen LogP contribution in [0.25, 0.3) is 0 Å². The fraction of sp³-hybridized carbons (Fsp3) is 0.188. The molecule has 0 unspecified atom stereocenters. The Morgan fingerprint density at radius 3 is 2.62 bits per heavy atom. The Balaban J connectivity index is 1.91. The van der Waals surface area contributed by atoms with Gasteiger partial charge < -0.3 is 15.4 Å². The highest BCUT2D eigenvalue weighted by Crippen LogP contribution is 2.37. The molecule has 2 aromatic carbocycles. The molecule has 0 bridgehead atoms. The lowest BCUT2D eigenvalue weighted by Gasteiger charge is -2.10. The largest absolute Gasteiger partial charge is 0.497 e. The van der Waals surface area contributed by atoms with Crippen molar-refractivity contribution in [1.29, 1.82) is 0 Å². The monoisotopic (exact) mass is 356 g/mol. The van der Waals surface area contributed by atoms with E-state index in [1.54, 1.807) is 25.3 Å². The van der Waals surface area contributed by atoms with Crippen molar-refractivity contribution >= 4 is 23.5 Å². The van der Waals surface area contributed by atoms with E-state index < -0.39 is 11.5 Å². The summed E-state index contributed by atoms with van der Waals surface area (Å²) >= 11 is -0.229. The van der Waals surface area contributed by atoms with Gasteiger partial charge in [0.15, 0.2) is 0 Å². The number of carbonyl (C=O) groups excluding carboxylic acids is 1. The van der Waals surface area contributed by atoms with Crippen molar-refractivity contribution in [3.63, 3.8) is 0 Å². The second-order valence-corrected chi connectivity index (χ2v) is 5.87. The number of hydrogen-bond donors (Lipinski definition) is 2. The molecular weight excluding hydrogens is 341 g/mol. The van der Waals surface area contributed by atoms with Crippen LogP contribution in [0.5, 0.6) is 5.75 Å². The van der Waals surface area contributed by atoms with Gasteiger partial charge in [0.1, 0.15) is 5.75 Å². The van der Waals surface area contributed by atoms with Gasteiger partial charge in [0.25, 0.3) is 0 Å². The Labute approximate surface area is 141 Å². The van der Waals surface area contributed by atoms with Crippen molar-refractivity contribution in [2.24, 2.45) is 0 Å². The SMILES string of the molecule is COc1cccc(CNC(=O)Nc2cccc(SC(F)(F)F)c2)c1. The Kier molecular flexibility index (Phi) is 5.97. The summed E-state index contributed by atoms with van der Waals surface area (Å²) in [5, 5.41) is 5.14. The first kappa shape index (κ1) is 18.0. The van der Waals surface area contributed by atoms with Crippen LogP contribution in [-0.4, -0.2) is 18.6 Å².